The molecule has 5 aliphatic carbocycles. The fourth-order valence-corrected chi connectivity index (χ4v) is 11.0. The summed E-state index contributed by atoms with van der Waals surface area (Å²) < 4.78 is 41.5. The molecule has 5 rings (SSSR count). The second kappa shape index (κ2) is 9.07. The van der Waals surface area contributed by atoms with Crippen molar-refractivity contribution in [2.45, 2.75) is 131 Å². The third-order valence-electron chi connectivity index (χ3n) is 13.1. The number of amides is 1. The van der Waals surface area contributed by atoms with Crippen LogP contribution >= 0.6 is 0 Å². The van der Waals surface area contributed by atoms with Gasteiger partial charge in [-0.15, -0.1) is 0 Å². The van der Waals surface area contributed by atoms with Crippen LogP contribution < -0.4 is 5.32 Å². The molecule has 7 heteroatoms. The molecular weight excluding hydrogens is 515 g/mol. The van der Waals surface area contributed by atoms with Crippen molar-refractivity contribution >= 4 is 11.7 Å². The standard InChI is InChI=1S/C33H50F3NO3/c1-18(2)25-21(38)17-32(27(40)37-29(5,6)33(34,35)36)16-11-20-19(26(25)32)9-10-23-30(20,7)14-12-22-28(3,4)24(39)13-15-31(22,23)8/h18-20,22-24,39H,9-17H2,1-8H3,(H,37,40)/t19?,20?,22?,23?,24-,30-,31-,32?/m0/s1. The molecule has 226 valence electrons. The lowest BCUT2D eigenvalue weighted by atomic mass is 9.36. The van der Waals surface area contributed by atoms with Crippen molar-refractivity contribution in [1.29, 1.82) is 0 Å². The Morgan fingerprint density at radius 2 is 1.55 bits per heavy atom. The van der Waals surface area contributed by atoms with Gasteiger partial charge in [0.05, 0.1) is 11.5 Å². The van der Waals surface area contributed by atoms with Gasteiger partial charge in [0.2, 0.25) is 5.91 Å². The number of aliphatic hydroxyl groups is 1. The normalized spacial score (nSPS) is 43.1. The molecule has 8 atom stereocenters. The van der Waals surface area contributed by atoms with Crippen molar-refractivity contribution in [1.82, 2.24) is 5.32 Å². The minimum Gasteiger partial charge on any atom is -0.393 e. The summed E-state index contributed by atoms with van der Waals surface area (Å²) in [7, 11) is 0. The molecule has 2 N–H and O–H groups in total. The molecule has 1 amide bonds. The highest BCUT2D eigenvalue weighted by molar-refractivity contribution is 6.07. The van der Waals surface area contributed by atoms with Crippen molar-refractivity contribution in [3.8, 4) is 0 Å². The molecule has 0 radical (unpaired) electrons. The molecule has 0 aliphatic heterocycles. The molecule has 0 aromatic heterocycles. The van der Waals surface area contributed by atoms with E-state index < -0.39 is 23.0 Å². The molecule has 0 aromatic rings. The van der Waals surface area contributed by atoms with E-state index in [0.29, 0.717) is 29.7 Å². The Kier molecular flexibility index (Phi) is 6.82. The molecule has 0 spiro atoms. The Morgan fingerprint density at radius 3 is 2.15 bits per heavy atom. The summed E-state index contributed by atoms with van der Waals surface area (Å²) >= 11 is 0. The highest BCUT2D eigenvalue weighted by Gasteiger charge is 2.67. The SMILES string of the molecule is CC(C)C1=C2C3CCC4[C@@](C)(CCC5C(C)(C)[C@@H](O)CC[C@@]54C)C3CCC2(C(=O)NC(C)(C)C(F)(F)F)CC1=O. The van der Waals surface area contributed by atoms with Crippen LogP contribution in [0.4, 0.5) is 13.2 Å². The monoisotopic (exact) mass is 565 g/mol. The van der Waals surface area contributed by atoms with Crippen molar-refractivity contribution in [2.24, 2.45) is 51.2 Å². The van der Waals surface area contributed by atoms with Gasteiger partial charge in [0.15, 0.2) is 5.78 Å². The predicted molar refractivity (Wildman–Crippen MR) is 149 cm³/mol. The zero-order valence-corrected chi connectivity index (χ0v) is 25.7. The average Bonchev–Trinajstić information content (AvgIpc) is 3.14. The molecule has 40 heavy (non-hydrogen) atoms. The Balaban J connectivity index is 1.55. The molecule has 5 aliphatic rings. The van der Waals surface area contributed by atoms with Gasteiger partial charge >= 0.3 is 6.18 Å². The topological polar surface area (TPSA) is 66.4 Å². The zero-order valence-electron chi connectivity index (χ0n) is 25.7. The Hall–Kier alpha value is -1.37. The number of hydrogen-bond donors (Lipinski definition) is 2. The molecule has 4 nitrogen and oxygen atoms in total. The van der Waals surface area contributed by atoms with Gasteiger partial charge in [-0.1, -0.05) is 41.5 Å². The first-order chi connectivity index (χ1) is 18.2. The minimum atomic E-state index is -4.59. The van der Waals surface area contributed by atoms with Gasteiger partial charge in [-0.05, 0) is 122 Å². The molecule has 5 unspecified atom stereocenters. The van der Waals surface area contributed by atoms with E-state index in [1.807, 2.05) is 13.8 Å². The van der Waals surface area contributed by atoms with Crippen LogP contribution in [0.3, 0.4) is 0 Å². The number of carbonyl (C=O) groups is 2. The summed E-state index contributed by atoms with van der Waals surface area (Å²) in [6.45, 7) is 15.3. The van der Waals surface area contributed by atoms with Gasteiger partial charge in [-0.2, -0.15) is 13.2 Å². The number of rotatable bonds is 3. The van der Waals surface area contributed by atoms with Crippen LogP contribution in [-0.2, 0) is 9.59 Å². The van der Waals surface area contributed by atoms with E-state index in [1.54, 1.807) is 0 Å². The van der Waals surface area contributed by atoms with Gasteiger partial charge < -0.3 is 10.4 Å². The maximum Gasteiger partial charge on any atom is 0.410 e. The molecular formula is C33H50F3NO3. The number of ketones is 1. The number of aliphatic hydroxyl groups excluding tert-OH is 1. The van der Waals surface area contributed by atoms with Crippen LogP contribution in [0.2, 0.25) is 0 Å². The number of allylic oxidation sites excluding steroid dienone is 1. The van der Waals surface area contributed by atoms with E-state index in [2.05, 4.69) is 33.0 Å². The predicted octanol–water partition coefficient (Wildman–Crippen LogP) is 7.40. The fraction of sp³-hybridized carbons (Fsp3) is 0.879. The van der Waals surface area contributed by atoms with E-state index in [-0.39, 0.29) is 46.4 Å². The van der Waals surface area contributed by atoms with Crippen LogP contribution in [0.5, 0.6) is 0 Å². The molecule has 4 fully saturated rings. The van der Waals surface area contributed by atoms with Crippen LogP contribution in [0, 0.1) is 51.2 Å². The van der Waals surface area contributed by atoms with Crippen LogP contribution in [0.1, 0.15) is 113 Å². The van der Waals surface area contributed by atoms with Gasteiger partial charge in [0.25, 0.3) is 0 Å². The highest BCUT2D eigenvalue weighted by Crippen LogP contribution is 2.72. The van der Waals surface area contributed by atoms with Crippen LogP contribution in [-0.4, -0.2) is 34.6 Å². The Bertz CT molecular complexity index is 1120. The summed E-state index contributed by atoms with van der Waals surface area (Å²) in [5.41, 5.74) is -1.96. The lowest BCUT2D eigenvalue weighted by Crippen LogP contribution is -2.63. The zero-order chi connectivity index (χ0) is 29.8. The molecule has 0 heterocycles. The van der Waals surface area contributed by atoms with Crippen molar-refractivity contribution in [3.05, 3.63) is 11.1 Å². The summed E-state index contributed by atoms with van der Waals surface area (Å²) in [5.74, 6) is 0.499. The van der Waals surface area contributed by atoms with Crippen LogP contribution in [0.15, 0.2) is 11.1 Å². The highest BCUT2D eigenvalue weighted by atomic mass is 19.4. The fourth-order valence-electron chi connectivity index (χ4n) is 11.0. The maximum absolute atomic E-state index is 13.9. The second-order valence-corrected chi connectivity index (χ2v) is 16.1. The molecule has 4 saturated carbocycles. The van der Waals surface area contributed by atoms with Crippen molar-refractivity contribution in [2.75, 3.05) is 0 Å². The number of alkyl halides is 3. The van der Waals surface area contributed by atoms with E-state index >= 15 is 0 Å². The molecule has 0 saturated heterocycles. The maximum atomic E-state index is 13.9. The van der Waals surface area contributed by atoms with Gasteiger partial charge in [0.1, 0.15) is 5.54 Å². The number of nitrogens with one attached hydrogen (secondary N) is 1. The van der Waals surface area contributed by atoms with Crippen LogP contribution in [0.25, 0.3) is 0 Å². The number of carbonyl (C=O) groups excluding carboxylic acids is 2. The van der Waals surface area contributed by atoms with E-state index in [1.165, 1.54) is 0 Å². The lowest BCUT2D eigenvalue weighted by Gasteiger charge is -2.68. The second-order valence-electron chi connectivity index (χ2n) is 16.1. The van der Waals surface area contributed by atoms with E-state index in [0.717, 1.165) is 64.4 Å². The van der Waals surface area contributed by atoms with Gasteiger partial charge in [-0.3, -0.25) is 9.59 Å². The van der Waals surface area contributed by atoms with E-state index in [4.69, 9.17) is 0 Å². The van der Waals surface area contributed by atoms with Gasteiger partial charge in [-0.25, -0.2) is 0 Å². The Labute approximate surface area is 238 Å². The third-order valence-corrected chi connectivity index (χ3v) is 13.1. The summed E-state index contributed by atoms with van der Waals surface area (Å²) in [6, 6.07) is 0. The van der Waals surface area contributed by atoms with Crippen molar-refractivity contribution < 1.29 is 27.9 Å². The summed E-state index contributed by atoms with van der Waals surface area (Å²) in [5, 5.41) is 13.3. The number of fused-ring (bicyclic) bond motifs is 7. The molecule has 0 aromatic carbocycles. The summed E-state index contributed by atoms with van der Waals surface area (Å²) in [4.78, 5) is 27.5. The van der Waals surface area contributed by atoms with E-state index in [9.17, 15) is 27.9 Å². The Morgan fingerprint density at radius 1 is 0.925 bits per heavy atom. The lowest BCUT2D eigenvalue weighted by molar-refractivity contribution is -0.204. The first-order valence-corrected chi connectivity index (χ1v) is 15.6. The van der Waals surface area contributed by atoms with Gasteiger partial charge in [0, 0.05) is 6.42 Å². The third kappa shape index (κ3) is 3.94. The quantitative estimate of drug-likeness (QED) is 0.375. The smallest absolute Gasteiger partial charge is 0.393 e. The first kappa shape index (κ1) is 30.1. The first-order valence-electron chi connectivity index (χ1n) is 15.6. The number of Topliss-reactive ketones (excluding diaryl/α,β-unsaturated/α-hetero) is 1. The largest absolute Gasteiger partial charge is 0.410 e. The summed E-state index contributed by atoms with van der Waals surface area (Å²) in [6.07, 6.45) is 2.08. The number of hydrogen-bond acceptors (Lipinski definition) is 3. The average molecular weight is 566 g/mol. The molecule has 0 bridgehead atoms. The minimum absolute atomic E-state index is 0.00908. The van der Waals surface area contributed by atoms with Crippen molar-refractivity contribution in [3.63, 3.8) is 0 Å². The number of halogens is 3.